The molecule has 0 radical (unpaired) electrons. The molecule has 1 aliphatic rings. The molecule has 6 nitrogen and oxygen atoms in total. The number of nitrogens with zero attached hydrogens (tertiary/aromatic N) is 2. The summed E-state index contributed by atoms with van der Waals surface area (Å²) in [5.41, 5.74) is 6.53. The van der Waals surface area contributed by atoms with Crippen LogP contribution in [-0.4, -0.2) is 17.5 Å². The Balaban J connectivity index is 2.27. The Bertz CT molecular complexity index is 524. The van der Waals surface area contributed by atoms with Crippen molar-refractivity contribution in [3.05, 3.63) is 33.9 Å². The van der Waals surface area contributed by atoms with Crippen LogP contribution in [0.4, 0.5) is 11.4 Å². The number of nitriles is 1. The van der Waals surface area contributed by atoms with Gasteiger partial charge in [-0.3, -0.25) is 10.1 Å². The highest BCUT2D eigenvalue weighted by atomic mass is 16.6. The predicted octanol–water partition coefficient (Wildman–Crippen LogP) is 2.01. The van der Waals surface area contributed by atoms with Gasteiger partial charge in [-0.25, -0.2) is 0 Å². The van der Waals surface area contributed by atoms with Crippen LogP contribution in [0.1, 0.15) is 24.8 Å². The maximum absolute atomic E-state index is 11.0. The monoisotopic (exact) mass is 260 g/mol. The third-order valence-electron chi connectivity index (χ3n) is 3.63. The zero-order valence-electron chi connectivity index (χ0n) is 10.5. The number of nitrogens with one attached hydrogen (secondary N) is 1. The lowest BCUT2D eigenvalue weighted by atomic mass is 10.0. The minimum absolute atomic E-state index is 0.00155. The maximum atomic E-state index is 11.0. The van der Waals surface area contributed by atoms with E-state index in [4.69, 9.17) is 11.0 Å². The average molecular weight is 260 g/mol. The van der Waals surface area contributed by atoms with Gasteiger partial charge in [-0.05, 0) is 37.4 Å². The van der Waals surface area contributed by atoms with Gasteiger partial charge >= 0.3 is 0 Å². The Morgan fingerprint density at radius 2 is 2.32 bits per heavy atom. The number of nitro benzene ring substituents is 1. The first-order valence-electron chi connectivity index (χ1n) is 6.31. The molecule has 6 heteroatoms. The van der Waals surface area contributed by atoms with Crippen LogP contribution in [0.5, 0.6) is 0 Å². The molecule has 0 bridgehead atoms. The molecule has 2 unspecified atom stereocenters. The van der Waals surface area contributed by atoms with E-state index in [1.165, 1.54) is 18.2 Å². The number of nitrogens with two attached hydrogens (primary N) is 1. The summed E-state index contributed by atoms with van der Waals surface area (Å²) < 4.78 is 0. The van der Waals surface area contributed by atoms with Crippen molar-refractivity contribution >= 4 is 11.4 Å². The van der Waals surface area contributed by atoms with Crippen LogP contribution in [0.2, 0.25) is 0 Å². The predicted molar refractivity (Wildman–Crippen MR) is 71.6 cm³/mol. The van der Waals surface area contributed by atoms with Gasteiger partial charge in [0.25, 0.3) is 5.69 Å². The Hall–Kier alpha value is -2.13. The molecule has 1 aliphatic carbocycles. The Kier molecular flexibility index (Phi) is 3.97. The van der Waals surface area contributed by atoms with E-state index in [0.29, 0.717) is 23.7 Å². The van der Waals surface area contributed by atoms with E-state index in [1.54, 1.807) is 0 Å². The lowest BCUT2D eigenvalue weighted by molar-refractivity contribution is -0.384. The smallest absolute Gasteiger partial charge is 0.292 e. The van der Waals surface area contributed by atoms with Crippen LogP contribution in [0.15, 0.2) is 18.2 Å². The molecule has 3 N–H and O–H groups in total. The van der Waals surface area contributed by atoms with E-state index >= 15 is 0 Å². The SMILES string of the molecule is N#Cc1ccc([N+](=O)[O-])c(NC2CCCC2CN)c1. The Labute approximate surface area is 111 Å². The third kappa shape index (κ3) is 2.83. The quantitative estimate of drug-likeness (QED) is 0.636. The summed E-state index contributed by atoms with van der Waals surface area (Å²) in [4.78, 5) is 10.6. The zero-order valence-corrected chi connectivity index (χ0v) is 10.5. The molecule has 0 spiro atoms. The van der Waals surface area contributed by atoms with Gasteiger partial charge in [-0.15, -0.1) is 0 Å². The summed E-state index contributed by atoms with van der Waals surface area (Å²) in [6, 6.07) is 6.50. The van der Waals surface area contributed by atoms with Crippen molar-refractivity contribution in [1.82, 2.24) is 0 Å². The van der Waals surface area contributed by atoms with Crippen LogP contribution < -0.4 is 11.1 Å². The van der Waals surface area contributed by atoms with E-state index in [0.717, 1.165) is 19.3 Å². The molecule has 1 saturated carbocycles. The van der Waals surface area contributed by atoms with Crippen molar-refractivity contribution in [3.8, 4) is 6.07 Å². The number of hydrogen-bond acceptors (Lipinski definition) is 5. The van der Waals surface area contributed by atoms with Crippen LogP contribution in [0.3, 0.4) is 0 Å². The molecule has 0 amide bonds. The minimum atomic E-state index is -0.435. The van der Waals surface area contributed by atoms with Crippen molar-refractivity contribution in [3.63, 3.8) is 0 Å². The first kappa shape index (κ1) is 13.3. The second-order valence-corrected chi connectivity index (χ2v) is 4.78. The summed E-state index contributed by atoms with van der Waals surface area (Å²) in [6.45, 7) is 0.573. The van der Waals surface area contributed by atoms with Gasteiger partial charge in [0.1, 0.15) is 5.69 Å². The van der Waals surface area contributed by atoms with Crippen molar-refractivity contribution in [2.24, 2.45) is 11.7 Å². The van der Waals surface area contributed by atoms with Crippen LogP contribution in [0.25, 0.3) is 0 Å². The number of nitro groups is 1. The zero-order chi connectivity index (χ0) is 13.8. The van der Waals surface area contributed by atoms with E-state index in [2.05, 4.69) is 5.32 Å². The normalized spacial score (nSPS) is 21.9. The second kappa shape index (κ2) is 5.67. The topological polar surface area (TPSA) is 105 Å². The molecular formula is C13H16N4O2. The molecule has 2 atom stereocenters. The highest BCUT2D eigenvalue weighted by molar-refractivity contribution is 5.64. The Morgan fingerprint density at radius 3 is 2.95 bits per heavy atom. The van der Waals surface area contributed by atoms with Crippen molar-refractivity contribution in [2.45, 2.75) is 25.3 Å². The highest BCUT2D eigenvalue weighted by Gasteiger charge is 2.28. The molecule has 19 heavy (non-hydrogen) atoms. The minimum Gasteiger partial charge on any atom is -0.376 e. The summed E-state index contributed by atoms with van der Waals surface area (Å²) >= 11 is 0. The second-order valence-electron chi connectivity index (χ2n) is 4.78. The maximum Gasteiger partial charge on any atom is 0.292 e. The van der Waals surface area contributed by atoms with Crippen molar-refractivity contribution in [2.75, 3.05) is 11.9 Å². The first-order chi connectivity index (χ1) is 9.15. The molecule has 1 fully saturated rings. The van der Waals surface area contributed by atoms with Gasteiger partial charge in [0.2, 0.25) is 0 Å². The van der Waals surface area contributed by atoms with Gasteiger partial charge in [0, 0.05) is 12.1 Å². The number of hydrogen-bond donors (Lipinski definition) is 2. The molecule has 100 valence electrons. The van der Waals surface area contributed by atoms with E-state index < -0.39 is 4.92 Å². The number of benzene rings is 1. The molecule has 0 heterocycles. The fourth-order valence-electron chi connectivity index (χ4n) is 2.59. The first-order valence-corrected chi connectivity index (χ1v) is 6.31. The number of anilines is 1. The fourth-order valence-corrected chi connectivity index (χ4v) is 2.59. The molecule has 1 aromatic rings. The van der Waals surface area contributed by atoms with Crippen LogP contribution in [-0.2, 0) is 0 Å². The lowest BCUT2D eigenvalue weighted by Gasteiger charge is -2.20. The largest absolute Gasteiger partial charge is 0.376 e. The Morgan fingerprint density at radius 1 is 1.53 bits per heavy atom. The van der Waals surface area contributed by atoms with Gasteiger partial charge in [0.05, 0.1) is 16.6 Å². The van der Waals surface area contributed by atoms with Gasteiger partial charge in [-0.1, -0.05) is 6.42 Å². The summed E-state index contributed by atoms with van der Waals surface area (Å²) in [7, 11) is 0. The molecule has 0 aliphatic heterocycles. The molecular weight excluding hydrogens is 244 g/mol. The summed E-state index contributed by atoms with van der Waals surface area (Å²) in [5.74, 6) is 0.338. The summed E-state index contributed by atoms with van der Waals surface area (Å²) in [5, 5.41) is 23.1. The average Bonchev–Trinajstić information content (AvgIpc) is 2.85. The van der Waals surface area contributed by atoms with Gasteiger partial charge in [-0.2, -0.15) is 5.26 Å². The number of rotatable bonds is 4. The van der Waals surface area contributed by atoms with E-state index in [-0.39, 0.29) is 11.7 Å². The summed E-state index contributed by atoms with van der Waals surface area (Å²) in [6.07, 6.45) is 3.07. The fraction of sp³-hybridized carbons (Fsp3) is 0.462. The van der Waals surface area contributed by atoms with Crippen molar-refractivity contribution in [1.29, 1.82) is 5.26 Å². The molecule has 2 rings (SSSR count). The lowest BCUT2D eigenvalue weighted by Crippen LogP contribution is -2.29. The third-order valence-corrected chi connectivity index (χ3v) is 3.63. The van der Waals surface area contributed by atoms with Crippen molar-refractivity contribution < 1.29 is 4.92 Å². The molecule has 0 aromatic heterocycles. The van der Waals surface area contributed by atoms with E-state index in [9.17, 15) is 10.1 Å². The molecule has 1 aromatic carbocycles. The molecule has 0 saturated heterocycles. The van der Waals surface area contributed by atoms with Crippen LogP contribution >= 0.6 is 0 Å². The van der Waals surface area contributed by atoms with E-state index in [1.807, 2.05) is 6.07 Å². The van der Waals surface area contributed by atoms with Gasteiger partial charge in [0.15, 0.2) is 0 Å². The highest BCUT2D eigenvalue weighted by Crippen LogP contribution is 2.32. The van der Waals surface area contributed by atoms with Crippen LogP contribution in [0, 0.1) is 27.4 Å². The van der Waals surface area contributed by atoms with Gasteiger partial charge < -0.3 is 11.1 Å². The standard InChI is InChI=1S/C13H16N4O2/c14-7-9-4-5-13(17(18)19)12(6-9)16-11-3-1-2-10(11)8-15/h4-6,10-11,16H,1-3,8,15H2.